The van der Waals surface area contributed by atoms with Gasteiger partial charge in [-0.1, -0.05) is 49.0 Å². The fourth-order valence-corrected chi connectivity index (χ4v) is 6.29. The maximum atomic E-state index is 13.0. The van der Waals surface area contributed by atoms with Gasteiger partial charge in [0, 0.05) is 31.2 Å². The Balaban J connectivity index is 1.21. The van der Waals surface area contributed by atoms with Gasteiger partial charge in [0.1, 0.15) is 0 Å². The number of nitrogens with one attached hydrogen (secondary N) is 2. The number of sulfonamides is 1. The van der Waals surface area contributed by atoms with Gasteiger partial charge in [-0.15, -0.1) is 0 Å². The standard InChI is InChI=1S/C26H25N3O4S/c1-2-24(30)28-25-22-15-29(16-23(22)25)34(32,33)20-12-10-18(11-13-20)26(31)27-14-19-8-5-7-17-6-3-4-9-21(17)19/h2-13,22-23,25H,1,14-16H2,(H,27,31)(H,28,30). The van der Waals surface area contributed by atoms with Gasteiger partial charge in [-0.25, -0.2) is 8.42 Å². The van der Waals surface area contributed by atoms with Crippen LogP contribution in [-0.2, 0) is 21.4 Å². The van der Waals surface area contributed by atoms with Gasteiger partial charge in [-0.3, -0.25) is 9.59 Å². The normalized spacial score (nSPS) is 21.6. The lowest BCUT2D eigenvalue weighted by molar-refractivity contribution is -0.116. The highest BCUT2D eigenvalue weighted by molar-refractivity contribution is 7.89. The van der Waals surface area contributed by atoms with Crippen molar-refractivity contribution in [2.75, 3.05) is 13.1 Å². The average molecular weight is 476 g/mol. The fraction of sp³-hybridized carbons (Fsp3) is 0.231. The number of amides is 2. The van der Waals surface area contributed by atoms with E-state index in [1.165, 1.54) is 34.6 Å². The Kier molecular flexibility index (Phi) is 5.71. The first kappa shape index (κ1) is 22.3. The van der Waals surface area contributed by atoms with E-state index in [1.807, 2.05) is 42.5 Å². The number of rotatable bonds is 7. The minimum Gasteiger partial charge on any atom is -0.349 e. The zero-order valence-corrected chi connectivity index (χ0v) is 19.3. The van der Waals surface area contributed by atoms with Gasteiger partial charge >= 0.3 is 0 Å². The lowest BCUT2D eigenvalue weighted by Crippen LogP contribution is -2.37. The molecule has 5 rings (SSSR count). The molecule has 3 aromatic carbocycles. The Morgan fingerprint density at radius 3 is 2.35 bits per heavy atom. The topological polar surface area (TPSA) is 95.6 Å². The van der Waals surface area contributed by atoms with E-state index in [2.05, 4.69) is 17.2 Å². The fourth-order valence-electron chi connectivity index (χ4n) is 4.77. The van der Waals surface area contributed by atoms with Gasteiger partial charge in [0.25, 0.3) is 5.91 Å². The molecule has 0 aromatic heterocycles. The summed E-state index contributed by atoms with van der Waals surface area (Å²) in [6.07, 6.45) is 1.22. The van der Waals surface area contributed by atoms with Crippen molar-refractivity contribution in [3.8, 4) is 0 Å². The first-order valence-electron chi connectivity index (χ1n) is 11.2. The highest BCUT2D eigenvalue weighted by Gasteiger charge is 2.58. The number of benzene rings is 3. The van der Waals surface area contributed by atoms with Crippen LogP contribution in [0.15, 0.2) is 84.3 Å². The van der Waals surface area contributed by atoms with Crippen molar-refractivity contribution < 1.29 is 18.0 Å². The van der Waals surface area contributed by atoms with Crippen LogP contribution in [-0.4, -0.2) is 43.7 Å². The number of piperidine rings is 1. The molecule has 8 heteroatoms. The van der Waals surface area contributed by atoms with E-state index in [-0.39, 0.29) is 34.6 Å². The Bertz CT molecular complexity index is 1370. The Morgan fingerprint density at radius 1 is 0.971 bits per heavy atom. The number of hydrogen-bond acceptors (Lipinski definition) is 4. The first-order valence-corrected chi connectivity index (χ1v) is 12.6. The van der Waals surface area contributed by atoms with Crippen molar-refractivity contribution in [3.63, 3.8) is 0 Å². The number of carbonyl (C=O) groups is 2. The summed E-state index contributed by atoms with van der Waals surface area (Å²) in [5, 5.41) is 7.96. The van der Waals surface area contributed by atoms with E-state index in [4.69, 9.17) is 0 Å². The summed E-state index contributed by atoms with van der Waals surface area (Å²) in [5.41, 5.74) is 1.41. The summed E-state index contributed by atoms with van der Waals surface area (Å²) in [6.45, 7) is 4.57. The van der Waals surface area contributed by atoms with Gasteiger partial charge in [0.2, 0.25) is 15.9 Å². The molecule has 7 nitrogen and oxygen atoms in total. The van der Waals surface area contributed by atoms with Gasteiger partial charge in [-0.2, -0.15) is 4.31 Å². The van der Waals surface area contributed by atoms with Crippen molar-refractivity contribution in [2.24, 2.45) is 11.8 Å². The molecule has 1 aliphatic carbocycles. The number of nitrogens with zero attached hydrogens (tertiary/aromatic N) is 1. The summed E-state index contributed by atoms with van der Waals surface area (Å²) in [5.74, 6) is -0.223. The Morgan fingerprint density at radius 2 is 1.65 bits per heavy atom. The van der Waals surface area contributed by atoms with Crippen molar-refractivity contribution in [1.29, 1.82) is 0 Å². The van der Waals surface area contributed by atoms with Crippen LogP contribution in [0.2, 0.25) is 0 Å². The van der Waals surface area contributed by atoms with E-state index in [0.717, 1.165) is 16.3 Å². The largest absolute Gasteiger partial charge is 0.349 e. The average Bonchev–Trinajstić information content (AvgIpc) is 3.27. The third kappa shape index (κ3) is 4.10. The second kappa shape index (κ2) is 8.70. The van der Waals surface area contributed by atoms with Crippen LogP contribution < -0.4 is 10.6 Å². The van der Waals surface area contributed by atoms with Gasteiger partial charge in [0.05, 0.1) is 4.90 Å². The third-order valence-corrected chi connectivity index (χ3v) is 8.57. The third-order valence-electron chi connectivity index (χ3n) is 6.73. The molecule has 1 saturated heterocycles. The quantitative estimate of drug-likeness (QED) is 0.514. The summed E-state index contributed by atoms with van der Waals surface area (Å²) in [7, 11) is -3.65. The smallest absolute Gasteiger partial charge is 0.251 e. The first-order chi connectivity index (χ1) is 16.4. The molecule has 0 bridgehead atoms. The van der Waals surface area contributed by atoms with Crippen LogP contribution in [0.25, 0.3) is 10.8 Å². The molecule has 0 spiro atoms. The lowest BCUT2D eigenvalue weighted by atomic mass is 10.0. The van der Waals surface area contributed by atoms with Crippen molar-refractivity contribution in [1.82, 2.24) is 14.9 Å². The summed E-state index contributed by atoms with van der Waals surface area (Å²) < 4.78 is 27.5. The minimum atomic E-state index is -3.65. The van der Waals surface area contributed by atoms with Gasteiger partial charge in [-0.05, 0) is 58.5 Å². The predicted molar refractivity (Wildman–Crippen MR) is 129 cm³/mol. The van der Waals surface area contributed by atoms with Crippen molar-refractivity contribution in [3.05, 3.63) is 90.5 Å². The maximum Gasteiger partial charge on any atom is 0.251 e. The van der Waals surface area contributed by atoms with Crippen LogP contribution >= 0.6 is 0 Å². The van der Waals surface area contributed by atoms with E-state index in [0.29, 0.717) is 25.2 Å². The molecule has 0 radical (unpaired) electrons. The molecule has 2 atom stereocenters. The van der Waals surface area contributed by atoms with Crippen LogP contribution in [0.3, 0.4) is 0 Å². The highest BCUT2D eigenvalue weighted by Crippen LogP contribution is 2.47. The molecular formula is C26H25N3O4S. The molecule has 34 heavy (non-hydrogen) atoms. The SMILES string of the molecule is C=CC(=O)NC1C2CN(S(=O)(=O)c3ccc(C(=O)NCc4cccc5ccccc45)cc3)CC21. The van der Waals surface area contributed by atoms with E-state index < -0.39 is 10.0 Å². The highest BCUT2D eigenvalue weighted by atomic mass is 32.2. The van der Waals surface area contributed by atoms with Gasteiger partial charge in [0.15, 0.2) is 0 Å². The Labute approximate surface area is 198 Å². The number of fused-ring (bicyclic) bond motifs is 2. The molecule has 1 aliphatic heterocycles. The Hall–Kier alpha value is -3.49. The predicted octanol–water partition coefficient (Wildman–Crippen LogP) is 2.69. The number of hydrogen-bond donors (Lipinski definition) is 2. The molecule has 2 fully saturated rings. The molecule has 1 heterocycles. The molecule has 3 aromatic rings. The molecule has 2 amide bonds. The molecular weight excluding hydrogens is 450 g/mol. The molecule has 174 valence electrons. The van der Waals surface area contributed by atoms with Crippen LogP contribution in [0.5, 0.6) is 0 Å². The van der Waals surface area contributed by atoms with E-state index >= 15 is 0 Å². The second-order valence-corrected chi connectivity index (χ2v) is 10.7. The summed E-state index contributed by atoms with van der Waals surface area (Å²) >= 11 is 0. The zero-order valence-electron chi connectivity index (χ0n) is 18.5. The lowest BCUT2D eigenvalue weighted by Gasteiger charge is -2.20. The summed E-state index contributed by atoms with van der Waals surface area (Å²) in [4.78, 5) is 24.3. The van der Waals surface area contributed by atoms with E-state index in [1.54, 1.807) is 0 Å². The number of carbonyl (C=O) groups excluding carboxylic acids is 2. The molecule has 2 unspecified atom stereocenters. The maximum absolute atomic E-state index is 13.0. The van der Waals surface area contributed by atoms with Gasteiger partial charge < -0.3 is 10.6 Å². The van der Waals surface area contributed by atoms with Crippen LogP contribution in [0.1, 0.15) is 15.9 Å². The monoisotopic (exact) mass is 475 g/mol. The summed E-state index contributed by atoms with van der Waals surface area (Å²) in [6, 6.07) is 20.0. The molecule has 1 saturated carbocycles. The second-order valence-electron chi connectivity index (χ2n) is 8.73. The minimum absolute atomic E-state index is 0.0183. The zero-order chi connectivity index (χ0) is 23.9. The molecule has 2 N–H and O–H groups in total. The molecule has 2 aliphatic rings. The van der Waals surface area contributed by atoms with Crippen molar-refractivity contribution in [2.45, 2.75) is 17.5 Å². The van der Waals surface area contributed by atoms with E-state index in [9.17, 15) is 18.0 Å². The van der Waals surface area contributed by atoms with Crippen LogP contribution in [0.4, 0.5) is 0 Å². The van der Waals surface area contributed by atoms with Crippen molar-refractivity contribution >= 4 is 32.6 Å². The van der Waals surface area contributed by atoms with Crippen LogP contribution in [0, 0.1) is 11.8 Å².